The molecule has 0 amide bonds. The average molecular weight is 749 g/mol. The summed E-state index contributed by atoms with van der Waals surface area (Å²) in [5.41, 5.74) is 9.50. The molecule has 0 radical (unpaired) electrons. The van der Waals surface area contributed by atoms with Crippen LogP contribution in [0.4, 0.5) is 16.4 Å². The van der Waals surface area contributed by atoms with Crippen LogP contribution >= 0.6 is 0 Å². The summed E-state index contributed by atoms with van der Waals surface area (Å²) in [6.45, 7) is 0.305. The number of aliphatic hydroxyl groups is 4. The number of aromatic nitrogens is 6. The second-order valence-electron chi connectivity index (χ2n) is 13.7. The van der Waals surface area contributed by atoms with Gasteiger partial charge >= 0.3 is 6.16 Å². The summed E-state index contributed by atoms with van der Waals surface area (Å²) < 4.78 is 37.9. The molecule has 4 saturated heterocycles. The van der Waals surface area contributed by atoms with E-state index in [-0.39, 0.29) is 50.5 Å². The number of nitrogen functional groups attached to an aromatic ring is 2. The zero-order valence-electron chi connectivity index (χ0n) is 28.4. The van der Waals surface area contributed by atoms with Crippen molar-refractivity contribution in [1.82, 2.24) is 29.2 Å². The highest BCUT2D eigenvalue weighted by atomic mass is 16.7. The van der Waals surface area contributed by atoms with Crippen LogP contribution in [0.25, 0.3) is 11.0 Å². The topological polar surface area (TPSA) is 313 Å². The molecule has 12 atom stereocenters. The van der Waals surface area contributed by atoms with Crippen LogP contribution in [0.15, 0.2) is 36.9 Å². The fraction of sp³-hybridized carbons (Fsp3) is 0.545. The van der Waals surface area contributed by atoms with E-state index in [0.717, 1.165) is 0 Å². The SMILES string of the molecule is N#C[C@@]1(CC2OCC[C@H]2OC(=O)O[C@@H]2CCOC2C[C@]2(C#N)O[C@@H](c3ccc4c(N)ncnn34)[C@H](O)[C@@H]2O)O[C@@H](c2ccc3c(N)ncnn23)[C@H](O)[C@@H]1O. The lowest BCUT2D eigenvalue weighted by Gasteiger charge is -2.30. The highest BCUT2D eigenvalue weighted by molar-refractivity contribution is 5.66. The molecule has 2 unspecified atom stereocenters. The van der Waals surface area contributed by atoms with Crippen molar-refractivity contribution in [2.24, 2.45) is 0 Å². The number of ether oxygens (including phenoxy) is 6. The number of nitriles is 2. The number of aliphatic hydroxyl groups excluding tert-OH is 4. The second kappa shape index (κ2) is 13.6. The number of carbonyl (C=O) groups is 1. The zero-order chi connectivity index (χ0) is 37.9. The van der Waals surface area contributed by atoms with E-state index < -0.39 is 78.4 Å². The molecular weight excluding hydrogens is 712 g/mol. The number of nitrogens with two attached hydrogens (primary N) is 2. The fourth-order valence-corrected chi connectivity index (χ4v) is 7.86. The number of hydrogen-bond acceptors (Lipinski definition) is 19. The van der Waals surface area contributed by atoms with Crippen molar-refractivity contribution in [2.45, 2.75) is 97.9 Å². The lowest BCUT2D eigenvalue weighted by atomic mass is 9.88. The van der Waals surface area contributed by atoms with Gasteiger partial charge in [0.15, 0.2) is 22.8 Å². The predicted octanol–water partition coefficient (Wildman–Crippen LogP) is -1.00. The molecule has 0 bridgehead atoms. The number of nitrogens with zero attached hydrogens (tertiary/aromatic N) is 8. The summed E-state index contributed by atoms with van der Waals surface area (Å²) in [4.78, 5) is 21.1. The van der Waals surface area contributed by atoms with Crippen LogP contribution in [0, 0.1) is 22.7 Å². The second-order valence-corrected chi connectivity index (χ2v) is 13.7. The van der Waals surface area contributed by atoms with Gasteiger partial charge in [-0.3, -0.25) is 0 Å². The van der Waals surface area contributed by atoms with Crippen molar-refractivity contribution < 1.29 is 53.6 Å². The minimum absolute atomic E-state index is 0.153. The van der Waals surface area contributed by atoms with Crippen LogP contribution < -0.4 is 11.5 Å². The molecule has 8 heterocycles. The Bertz CT molecular complexity index is 2010. The molecule has 4 aliphatic heterocycles. The van der Waals surface area contributed by atoms with Crippen molar-refractivity contribution in [3.63, 3.8) is 0 Å². The summed E-state index contributed by atoms with van der Waals surface area (Å²) in [5, 5.41) is 73.2. The van der Waals surface area contributed by atoms with E-state index in [4.69, 9.17) is 39.9 Å². The van der Waals surface area contributed by atoms with Crippen LogP contribution in [-0.2, 0) is 28.4 Å². The molecule has 0 aliphatic carbocycles. The van der Waals surface area contributed by atoms with Gasteiger partial charge in [-0.05, 0) is 24.3 Å². The Morgan fingerprint density at radius 3 is 1.61 bits per heavy atom. The molecule has 8 N–H and O–H groups in total. The number of hydrogen-bond donors (Lipinski definition) is 6. The molecule has 0 saturated carbocycles. The Morgan fingerprint density at radius 2 is 1.20 bits per heavy atom. The molecule has 21 nitrogen and oxygen atoms in total. The molecule has 4 aromatic rings. The van der Waals surface area contributed by atoms with Crippen LogP contribution in [-0.4, -0.2) is 129 Å². The van der Waals surface area contributed by atoms with E-state index >= 15 is 0 Å². The monoisotopic (exact) mass is 748 g/mol. The lowest BCUT2D eigenvalue weighted by Crippen LogP contribution is -2.47. The van der Waals surface area contributed by atoms with Gasteiger partial charge in [0.25, 0.3) is 0 Å². The molecule has 4 aromatic heterocycles. The van der Waals surface area contributed by atoms with Gasteiger partial charge in [-0.25, -0.2) is 23.8 Å². The summed E-state index contributed by atoms with van der Waals surface area (Å²) in [5.74, 6) is 0.367. The van der Waals surface area contributed by atoms with Gasteiger partial charge in [0.1, 0.15) is 84.7 Å². The van der Waals surface area contributed by atoms with Crippen molar-refractivity contribution in [2.75, 3.05) is 24.7 Å². The lowest BCUT2D eigenvalue weighted by molar-refractivity contribution is -0.102. The fourth-order valence-electron chi connectivity index (χ4n) is 7.86. The van der Waals surface area contributed by atoms with Crippen LogP contribution in [0.1, 0.15) is 49.3 Å². The Balaban J connectivity index is 0.923. The minimum Gasteiger partial charge on any atom is -0.428 e. The van der Waals surface area contributed by atoms with E-state index in [9.17, 15) is 35.7 Å². The highest BCUT2D eigenvalue weighted by Crippen LogP contribution is 2.46. The maximum atomic E-state index is 13.2. The Kier molecular flexibility index (Phi) is 8.99. The summed E-state index contributed by atoms with van der Waals surface area (Å²) in [7, 11) is 0. The van der Waals surface area contributed by atoms with Gasteiger partial charge in [0, 0.05) is 25.7 Å². The third-order valence-corrected chi connectivity index (χ3v) is 10.7. The predicted molar refractivity (Wildman–Crippen MR) is 176 cm³/mol. The quantitative estimate of drug-likeness (QED) is 0.118. The largest absolute Gasteiger partial charge is 0.509 e. The maximum Gasteiger partial charge on any atom is 0.509 e. The third kappa shape index (κ3) is 5.73. The van der Waals surface area contributed by atoms with E-state index in [0.29, 0.717) is 22.4 Å². The maximum absolute atomic E-state index is 13.2. The van der Waals surface area contributed by atoms with Crippen LogP contribution in [0.5, 0.6) is 0 Å². The molecule has 21 heteroatoms. The van der Waals surface area contributed by atoms with Gasteiger partial charge in [0.2, 0.25) is 0 Å². The summed E-state index contributed by atoms with van der Waals surface area (Å²) >= 11 is 0. The van der Waals surface area contributed by atoms with E-state index in [1.807, 2.05) is 12.1 Å². The van der Waals surface area contributed by atoms with Crippen molar-refractivity contribution in [1.29, 1.82) is 10.5 Å². The van der Waals surface area contributed by atoms with Gasteiger partial charge < -0.3 is 60.3 Å². The van der Waals surface area contributed by atoms with Crippen LogP contribution in [0.2, 0.25) is 0 Å². The first-order valence-electron chi connectivity index (χ1n) is 17.2. The Labute approximate surface area is 305 Å². The first-order valence-corrected chi connectivity index (χ1v) is 17.2. The van der Waals surface area contributed by atoms with E-state index in [1.165, 1.54) is 21.7 Å². The van der Waals surface area contributed by atoms with Gasteiger partial charge in [-0.2, -0.15) is 20.7 Å². The molecule has 4 fully saturated rings. The normalized spacial score (nSPS) is 36.4. The minimum atomic E-state index is -1.96. The average Bonchev–Trinajstić information content (AvgIpc) is 4.03. The first-order chi connectivity index (χ1) is 26.0. The summed E-state index contributed by atoms with van der Waals surface area (Å²) in [6.07, 6.45) is -11.2. The van der Waals surface area contributed by atoms with Crippen molar-refractivity contribution in [3.05, 3.63) is 48.3 Å². The van der Waals surface area contributed by atoms with Crippen molar-refractivity contribution >= 4 is 28.8 Å². The van der Waals surface area contributed by atoms with E-state index in [1.54, 1.807) is 24.3 Å². The Hall–Kier alpha value is -5.23. The number of carbonyl (C=O) groups excluding carboxylic acids is 1. The van der Waals surface area contributed by atoms with Crippen molar-refractivity contribution in [3.8, 4) is 12.1 Å². The van der Waals surface area contributed by atoms with E-state index in [2.05, 4.69) is 20.2 Å². The zero-order valence-corrected chi connectivity index (χ0v) is 28.4. The summed E-state index contributed by atoms with van der Waals surface area (Å²) in [6, 6.07) is 10.4. The van der Waals surface area contributed by atoms with Gasteiger partial charge in [-0.1, -0.05) is 0 Å². The van der Waals surface area contributed by atoms with Gasteiger partial charge in [0.05, 0.1) is 36.8 Å². The molecule has 0 spiro atoms. The molecule has 284 valence electrons. The first kappa shape index (κ1) is 35.8. The number of fused-ring (bicyclic) bond motifs is 2. The number of anilines is 2. The van der Waals surface area contributed by atoms with Crippen LogP contribution in [0.3, 0.4) is 0 Å². The molecule has 0 aromatic carbocycles. The number of rotatable bonds is 8. The molecular formula is C33H36N10O11. The molecule has 4 aliphatic rings. The molecule has 54 heavy (non-hydrogen) atoms. The Morgan fingerprint density at radius 1 is 0.778 bits per heavy atom. The smallest absolute Gasteiger partial charge is 0.428 e. The third-order valence-electron chi connectivity index (χ3n) is 10.7. The molecule has 8 rings (SSSR count). The standard InChI is InChI=1S/C33H36N10O11/c34-11-32(27(46)23(44)25(53-32)15-1-3-17-29(36)38-13-40-42(15)17)9-21-19(5-7-49-21)51-31(48)52-20-6-8-50-22(20)10-33(12-35)28(47)24(45)26(54-33)16-2-4-18-30(37)39-14-41-43(16)18/h1-4,13-14,19-28,44-47H,5-10H2,(H2,36,38,40)(H2,37,39,41)/t19-,20-,21?,22?,23+,24+,25+,26+,27+,28+,32-,33-/m1/s1. The van der Waals surface area contributed by atoms with Gasteiger partial charge in [-0.15, -0.1) is 0 Å². The highest BCUT2D eigenvalue weighted by Gasteiger charge is 2.59.